The van der Waals surface area contributed by atoms with E-state index in [-0.39, 0.29) is 5.41 Å². The molecule has 1 aliphatic carbocycles. The molecule has 50 valence electrons. The van der Waals surface area contributed by atoms with Crippen molar-refractivity contribution in [2.45, 2.75) is 26.7 Å². The number of rotatable bonds is 2. The lowest BCUT2D eigenvalue weighted by molar-refractivity contribution is 0.333. The summed E-state index contributed by atoms with van der Waals surface area (Å²) in [4.78, 5) is 0. The normalized spacial score (nSPS) is 32.9. The molecule has 1 N–H and O–H groups in total. The van der Waals surface area contributed by atoms with Crippen LogP contribution in [0.15, 0.2) is 16.9 Å². The van der Waals surface area contributed by atoms with Crippen LogP contribution in [-0.2, 0) is 0 Å². The van der Waals surface area contributed by atoms with E-state index in [1.54, 1.807) is 0 Å². The van der Waals surface area contributed by atoms with Gasteiger partial charge in [-0.2, -0.15) is 5.11 Å². The van der Waals surface area contributed by atoms with Crippen LogP contribution in [0.2, 0.25) is 0 Å². The lowest BCUT2D eigenvalue weighted by Crippen LogP contribution is -2.23. The minimum absolute atomic E-state index is 0.238. The molecule has 1 unspecified atom stereocenters. The third kappa shape index (κ3) is 0.784. The predicted octanol–water partition coefficient (Wildman–Crippen LogP) is 2.72. The highest BCUT2D eigenvalue weighted by Gasteiger charge is 2.33. The molecule has 0 saturated carbocycles. The average molecular weight is 124 g/mol. The molecular formula is C7H12N2. The molecule has 0 bridgehead atoms. The number of allylic oxidation sites excluding steroid dienone is 2. The predicted molar refractivity (Wildman–Crippen MR) is 36.2 cm³/mol. The third-order valence-electron chi connectivity index (χ3n) is 2.27. The summed E-state index contributed by atoms with van der Waals surface area (Å²) in [6.07, 6.45) is 4.22. The van der Waals surface area contributed by atoms with Crippen molar-refractivity contribution in [2.24, 2.45) is 10.5 Å². The van der Waals surface area contributed by atoms with Gasteiger partial charge < -0.3 is 0 Å². The Bertz CT molecular complexity index is 160. The molecule has 2 nitrogen and oxygen atoms in total. The van der Waals surface area contributed by atoms with Crippen LogP contribution in [0.1, 0.15) is 26.7 Å². The molecular weight excluding hydrogens is 112 g/mol. The minimum atomic E-state index is 0.238. The van der Waals surface area contributed by atoms with E-state index in [1.165, 1.54) is 0 Å². The SMILES string of the molecule is CCC1(C)CC=C1N=N. The molecule has 0 aliphatic heterocycles. The highest BCUT2D eigenvalue weighted by Crippen LogP contribution is 2.43. The van der Waals surface area contributed by atoms with Crippen LogP contribution in [0.25, 0.3) is 0 Å². The van der Waals surface area contributed by atoms with E-state index >= 15 is 0 Å². The van der Waals surface area contributed by atoms with Gasteiger partial charge in [0.15, 0.2) is 0 Å². The van der Waals surface area contributed by atoms with Crippen LogP contribution in [0.3, 0.4) is 0 Å². The number of nitrogens with zero attached hydrogens (tertiary/aromatic N) is 1. The molecule has 1 rings (SSSR count). The molecule has 0 spiro atoms. The van der Waals surface area contributed by atoms with Crippen LogP contribution in [-0.4, -0.2) is 0 Å². The lowest BCUT2D eigenvalue weighted by Gasteiger charge is -2.34. The first-order chi connectivity index (χ1) is 4.23. The molecule has 1 atom stereocenters. The molecule has 0 radical (unpaired) electrons. The van der Waals surface area contributed by atoms with E-state index in [1.807, 2.05) is 6.08 Å². The van der Waals surface area contributed by atoms with Gasteiger partial charge in [-0.3, -0.25) is 0 Å². The van der Waals surface area contributed by atoms with Gasteiger partial charge in [-0.05, 0) is 12.8 Å². The molecule has 9 heavy (non-hydrogen) atoms. The summed E-state index contributed by atoms with van der Waals surface area (Å²) >= 11 is 0. The maximum absolute atomic E-state index is 6.78. The summed E-state index contributed by atoms with van der Waals surface area (Å²) in [6, 6.07) is 0. The first kappa shape index (κ1) is 6.46. The van der Waals surface area contributed by atoms with Gasteiger partial charge >= 0.3 is 0 Å². The first-order valence-corrected chi connectivity index (χ1v) is 3.31. The molecule has 0 heterocycles. The third-order valence-corrected chi connectivity index (χ3v) is 2.27. The van der Waals surface area contributed by atoms with Crippen LogP contribution in [0.5, 0.6) is 0 Å². The highest BCUT2D eigenvalue weighted by molar-refractivity contribution is 5.22. The lowest BCUT2D eigenvalue weighted by atomic mass is 9.73. The van der Waals surface area contributed by atoms with Gasteiger partial charge in [0, 0.05) is 5.41 Å². The summed E-state index contributed by atoms with van der Waals surface area (Å²) in [5, 5.41) is 3.43. The van der Waals surface area contributed by atoms with Gasteiger partial charge in [-0.25, -0.2) is 5.53 Å². The van der Waals surface area contributed by atoms with E-state index in [2.05, 4.69) is 19.0 Å². The molecule has 0 saturated heterocycles. The van der Waals surface area contributed by atoms with Gasteiger partial charge in [-0.15, -0.1) is 0 Å². The zero-order valence-electron chi connectivity index (χ0n) is 5.94. The Kier molecular flexibility index (Phi) is 1.39. The minimum Gasteiger partial charge on any atom is -0.205 e. The van der Waals surface area contributed by atoms with Crippen molar-refractivity contribution < 1.29 is 0 Å². The Morgan fingerprint density at radius 1 is 1.89 bits per heavy atom. The zero-order valence-corrected chi connectivity index (χ0v) is 5.94. The summed E-state index contributed by atoms with van der Waals surface area (Å²) in [7, 11) is 0. The maximum atomic E-state index is 6.78. The van der Waals surface area contributed by atoms with Gasteiger partial charge in [0.2, 0.25) is 0 Å². The Hall–Kier alpha value is -0.660. The van der Waals surface area contributed by atoms with Crippen molar-refractivity contribution in [1.29, 1.82) is 5.53 Å². The van der Waals surface area contributed by atoms with Gasteiger partial charge in [0.05, 0.1) is 5.70 Å². The van der Waals surface area contributed by atoms with Gasteiger partial charge in [0.1, 0.15) is 0 Å². The zero-order chi connectivity index (χ0) is 6.91. The van der Waals surface area contributed by atoms with Crippen molar-refractivity contribution in [2.75, 3.05) is 0 Å². The molecule has 0 aromatic carbocycles. The summed E-state index contributed by atoms with van der Waals surface area (Å²) in [5.74, 6) is 0. The molecule has 2 heteroatoms. The number of hydrogen-bond donors (Lipinski definition) is 1. The second-order valence-corrected chi connectivity index (χ2v) is 2.82. The Morgan fingerprint density at radius 2 is 2.56 bits per heavy atom. The number of hydrogen-bond acceptors (Lipinski definition) is 2. The monoisotopic (exact) mass is 124 g/mol. The Labute approximate surface area is 55.5 Å². The smallest absolute Gasteiger partial charge is 0.0646 e. The van der Waals surface area contributed by atoms with E-state index < -0.39 is 0 Å². The fourth-order valence-corrected chi connectivity index (χ4v) is 1.05. The van der Waals surface area contributed by atoms with E-state index in [9.17, 15) is 0 Å². The van der Waals surface area contributed by atoms with E-state index in [4.69, 9.17) is 5.53 Å². The van der Waals surface area contributed by atoms with Crippen LogP contribution < -0.4 is 0 Å². The first-order valence-electron chi connectivity index (χ1n) is 3.31. The van der Waals surface area contributed by atoms with Crippen LogP contribution >= 0.6 is 0 Å². The maximum Gasteiger partial charge on any atom is 0.0646 e. The Balaban J connectivity index is 2.69. The van der Waals surface area contributed by atoms with Crippen LogP contribution in [0.4, 0.5) is 0 Å². The van der Waals surface area contributed by atoms with Crippen molar-refractivity contribution >= 4 is 0 Å². The topological polar surface area (TPSA) is 36.2 Å². The summed E-state index contributed by atoms with van der Waals surface area (Å²) < 4.78 is 0. The average Bonchev–Trinajstić information content (AvgIpc) is 1.85. The summed E-state index contributed by atoms with van der Waals surface area (Å²) in [5.41, 5.74) is 7.98. The fraction of sp³-hybridized carbons (Fsp3) is 0.714. The molecule has 0 amide bonds. The second kappa shape index (κ2) is 1.94. The fourth-order valence-electron chi connectivity index (χ4n) is 1.05. The standard InChI is InChI=1S/C7H12N2/c1-3-7(2)5-4-6(7)9-8/h4,8H,3,5H2,1-2H3. The number of nitrogens with one attached hydrogen (secondary N) is 1. The van der Waals surface area contributed by atoms with Crippen molar-refractivity contribution in [1.82, 2.24) is 0 Å². The molecule has 0 fully saturated rings. The van der Waals surface area contributed by atoms with Crippen molar-refractivity contribution in [3.05, 3.63) is 11.8 Å². The Morgan fingerprint density at radius 3 is 2.67 bits per heavy atom. The molecule has 0 aromatic heterocycles. The summed E-state index contributed by atoms with van der Waals surface area (Å²) in [6.45, 7) is 4.29. The highest BCUT2D eigenvalue weighted by atomic mass is 15.0. The molecule has 0 aromatic rings. The molecule has 1 aliphatic rings. The van der Waals surface area contributed by atoms with Gasteiger partial charge in [-0.1, -0.05) is 19.9 Å². The quantitative estimate of drug-likeness (QED) is 0.549. The largest absolute Gasteiger partial charge is 0.205 e. The van der Waals surface area contributed by atoms with Crippen molar-refractivity contribution in [3.8, 4) is 0 Å². The van der Waals surface area contributed by atoms with E-state index in [0.29, 0.717) is 0 Å². The van der Waals surface area contributed by atoms with Crippen molar-refractivity contribution in [3.63, 3.8) is 0 Å². The van der Waals surface area contributed by atoms with Gasteiger partial charge in [0.25, 0.3) is 0 Å². The van der Waals surface area contributed by atoms with E-state index in [0.717, 1.165) is 18.5 Å². The second-order valence-electron chi connectivity index (χ2n) is 2.82. The van der Waals surface area contributed by atoms with Crippen LogP contribution in [0, 0.1) is 10.9 Å².